The summed E-state index contributed by atoms with van der Waals surface area (Å²) in [5, 5.41) is 3.92. The number of nitrogens with one attached hydrogen (secondary N) is 1. The topological polar surface area (TPSA) is 50.7 Å². The molecule has 4 heteroatoms. The van der Waals surface area contributed by atoms with Crippen LogP contribution >= 0.6 is 0 Å². The van der Waals surface area contributed by atoms with Crippen LogP contribution < -0.4 is 10.2 Å². The molecule has 1 aromatic carbocycles. The summed E-state index contributed by atoms with van der Waals surface area (Å²) < 4.78 is 5.41. The van der Waals surface area contributed by atoms with Crippen LogP contribution in [0.15, 0.2) is 42.0 Å². The Morgan fingerprint density at radius 2 is 2.32 bits per heavy atom. The quantitative estimate of drug-likeness (QED) is 0.465. The van der Waals surface area contributed by atoms with Gasteiger partial charge in [0.25, 0.3) is 0 Å². The Balaban J connectivity index is 2.51. The smallest absolute Gasteiger partial charge is 0.240 e. The zero-order valence-electron chi connectivity index (χ0n) is 11.4. The molecule has 0 spiro atoms. The fourth-order valence-electron chi connectivity index (χ4n) is 1.44. The minimum absolute atomic E-state index is 0.0784. The lowest BCUT2D eigenvalue weighted by Crippen LogP contribution is -2.19. The van der Waals surface area contributed by atoms with Crippen molar-refractivity contribution in [2.45, 2.75) is 20.3 Å². The van der Waals surface area contributed by atoms with Gasteiger partial charge in [-0.3, -0.25) is 4.79 Å². The first-order valence-corrected chi connectivity index (χ1v) is 6.27. The van der Waals surface area contributed by atoms with Crippen molar-refractivity contribution in [3.8, 4) is 5.75 Å². The molecule has 0 aliphatic rings. The van der Waals surface area contributed by atoms with Crippen molar-refractivity contribution in [1.82, 2.24) is 5.43 Å². The van der Waals surface area contributed by atoms with E-state index in [9.17, 15) is 4.79 Å². The average molecular weight is 260 g/mol. The van der Waals surface area contributed by atoms with Crippen molar-refractivity contribution < 1.29 is 9.53 Å². The molecule has 102 valence electrons. The van der Waals surface area contributed by atoms with E-state index in [-0.39, 0.29) is 5.91 Å². The Kier molecular flexibility index (Phi) is 6.36. The van der Waals surface area contributed by atoms with Gasteiger partial charge in [0.05, 0.1) is 6.21 Å². The maximum absolute atomic E-state index is 11.4. The monoisotopic (exact) mass is 260 g/mol. The normalized spacial score (nSPS) is 10.7. The molecule has 0 fully saturated rings. The molecule has 0 aromatic heterocycles. The lowest BCUT2D eigenvalue weighted by atomic mass is 10.1. The minimum Gasteiger partial charge on any atom is -0.490 e. The zero-order chi connectivity index (χ0) is 14.1. The molecule has 0 heterocycles. The van der Waals surface area contributed by atoms with Gasteiger partial charge in [-0.2, -0.15) is 5.10 Å². The Morgan fingerprint density at radius 3 is 3.00 bits per heavy atom. The summed E-state index contributed by atoms with van der Waals surface area (Å²) >= 11 is 0. The van der Waals surface area contributed by atoms with Crippen LogP contribution in [0.25, 0.3) is 0 Å². The van der Waals surface area contributed by atoms with E-state index in [1.807, 2.05) is 38.1 Å². The first kappa shape index (κ1) is 15.0. The lowest BCUT2D eigenvalue weighted by molar-refractivity contribution is -0.121. The second kappa shape index (κ2) is 8.08. The highest BCUT2D eigenvalue weighted by Gasteiger charge is 2.02. The van der Waals surface area contributed by atoms with E-state index < -0.39 is 0 Å². The lowest BCUT2D eigenvalue weighted by Gasteiger charge is -2.04. The summed E-state index contributed by atoms with van der Waals surface area (Å²) in [6, 6.07) is 7.47. The molecule has 0 atom stereocenters. The highest BCUT2D eigenvalue weighted by atomic mass is 16.5. The zero-order valence-corrected chi connectivity index (χ0v) is 11.4. The van der Waals surface area contributed by atoms with Gasteiger partial charge in [0.2, 0.25) is 5.91 Å². The van der Waals surface area contributed by atoms with Gasteiger partial charge in [0.15, 0.2) is 0 Å². The molecule has 19 heavy (non-hydrogen) atoms. The van der Waals surface area contributed by atoms with Crippen molar-refractivity contribution >= 4 is 12.1 Å². The van der Waals surface area contributed by atoms with Gasteiger partial charge in [-0.1, -0.05) is 38.6 Å². The van der Waals surface area contributed by atoms with Crippen molar-refractivity contribution in [1.29, 1.82) is 0 Å². The molecule has 0 saturated carbocycles. The van der Waals surface area contributed by atoms with Crippen LogP contribution in [-0.4, -0.2) is 18.7 Å². The van der Waals surface area contributed by atoms with Crippen molar-refractivity contribution in [2.75, 3.05) is 6.61 Å². The third-order valence-corrected chi connectivity index (χ3v) is 2.22. The maximum atomic E-state index is 11.4. The van der Waals surface area contributed by atoms with Gasteiger partial charge in [0, 0.05) is 6.42 Å². The molecule has 0 aliphatic heterocycles. The van der Waals surface area contributed by atoms with Gasteiger partial charge < -0.3 is 4.74 Å². The number of benzene rings is 1. The highest BCUT2D eigenvalue weighted by molar-refractivity contribution is 5.82. The van der Waals surface area contributed by atoms with Crippen molar-refractivity contribution in [3.05, 3.63) is 42.5 Å². The van der Waals surface area contributed by atoms with Crippen LogP contribution in [-0.2, 0) is 4.79 Å². The molecule has 0 bridgehead atoms. The van der Waals surface area contributed by atoms with Crippen LogP contribution in [0.5, 0.6) is 5.75 Å². The molecule has 1 rings (SSSR count). The average Bonchev–Trinajstić information content (AvgIpc) is 2.36. The van der Waals surface area contributed by atoms with Crippen LogP contribution in [0.1, 0.15) is 25.8 Å². The van der Waals surface area contributed by atoms with E-state index in [1.165, 1.54) is 0 Å². The van der Waals surface area contributed by atoms with Gasteiger partial charge in [-0.25, -0.2) is 5.43 Å². The number of hydrogen-bond donors (Lipinski definition) is 1. The van der Waals surface area contributed by atoms with Gasteiger partial charge in [-0.15, -0.1) is 0 Å². The molecular formula is C15H20N2O2. The molecule has 4 nitrogen and oxygen atoms in total. The Bertz CT molecular complexity index is 453. The second-order valence-electron chi connectivity index (χ2n) is 4.56. The first-order valence-electron chi connectivity index (χ1n) is 6.27. The van der Waals surface area contributed by atoms with Crippen molar-refractivity contribution in [2.24, 2.45) is 11.0 Å². The molecular weight excluding hydrogens is 240 g/mol. The number of hydrogen-bond acceptors (Lipinski definition) is 3. The van der Waals surface area contributed by atoms with Crippen molar-refractivity contribution in [3.63, 3.8) is 0 Å². The third-order valence-electron chi connectivity index (χ3n) is 2.22. The van der Waals surface area contributed by atoms with E-state index in [4.69, 9.17) is 4.74 Å². The maximum Gasteiger partial charge on any atom is 0.240 e. The van der Waals surface area contributed by atoms with Gasteiger partial charge >= 0.3 is 0 Å². The summed E-state index contributed by atoms with van der Waals surface area (Å²) in [5.41, 5.74) is 3.37. The number of carbonyl (C=O) groups excluding carboxylic acids is 1. The number of hydrazone groups is 1. The molecule has 0 aliphatic carbocycles. The van der Waals surface area contributed by atoms with E-state index in [1.54, 1.807) is 12.3 Å². The van der Waals surface area contributed by atoms with Gasteiger partial charge in [0.1, 0.15) is 12.4 Å². The Labute approximate surface area is 114 Å². The SMILES string of the molecule is C=CCOc1cccc(/C=N/NC(=O)CC(C)C)c1. The number of ether oxygens (including phenoxy) is 1. The number of nitrogens with zero attached hydrogens (tertiary/aromatic N) is 1. The molecule has 1 aromatic rings. The highest BCUT2D eigenvalue weighted by Crippen LogP contribution is 2.11. The number of amides is 1. The number of carbonyl (C=O) groups is 1. The summed E-state index contributed by atoms with van der Waals surface area (Å²) in [4.78, 5) is 11.4. The van der Waals surface area contributed by atoms with Crippen LogP contribution in [0, 0.1) is 5.92 Å². The van der Waals surface area contributed by atoms with Crippen LogP contribution in [0.3, 0.4) is 0 Å². The van der Waals surface area contributed by atoms with Crippen LogP contribution in [0.2, 0.25) is 0 Å². The van der Waals surface area contributed by atoms with E-state index >= 15 is 0 Å². The van der Waals surface area contributed by atoms with E-state index in [0.29, 0.717) is 18.9 Å². The molecule has 1 amide bonds. The molecule has 0 unspecified atom stereocenters. The largest absolute Gasteiger partial charge is 0.490 e. The van der Waals surface area contributed by atoms with Crippen LogP contribution in [0.4, 0.5) is 0 Å². The predicted molar refractivity (Wildman–Crippen MR) is 77.3 cm³/mol. The summed E-state index contributed by atoms with van der Waals surface area (Å²) in [6.07, 6.45) is 3.76. The molecule has 0 radical (unpaired) electrons. The summed E-state index contributed by atoms with van der Waals surface area (Å²) in [5.74, 6) is 0.994. The standard InChI is InChI=1S/C15H20N2O2/c1-4-8-19-14-7-5-6-13(10-14)11-16-17-15(18)9-12(2)3/h4-7,10-12H,1,8-9H2,2-3H3,(H,17,18)/b16-11+. The van der Waals surface area contributed by atoms with Gasteiger partial charge in [-0.05, 0) is 23.6 Å². The minimum atomic E-state index is -0.0784. The summed E-state index contributed by atoms with van der Waals surface area (Å²) in [7, 11) is 0. The Morgan fingerprint density at radius 1 is 1.53 bits per heavy atom. The first-order chi connectivity index (χ1) is 9.11. The molecule has 1 N–H and O–H groups in total. The second-order valence-corrected chi connectivity index (χ2v) is 4.56. The van der Waals surface area contributed by atoms with E-state index in [0.717, 1.165) is 11.3 Å². The fourth-order valence-corrected chi connectivity index (χ4v) is 1.44. The molecule has 0 saturated heterocycles. The Hall–Kier alpha value is -2.10. The van der Waals surface area contributed by atoms with E-state index in [2.05, 4.69) is 17.1 Å². The number of rotatable bonds is 7. The predicted octanol–water partition coefficient (Wildman–Crippen LogP) is 2.75. The fraction of sp³-hybridized carbons (Fsp3) is 0.333. The third kappa shape index (κ3) is 6.41. The summed E-state index contributed by atoms with van der Waals surface area (Å²) in [6.45, 7) is 8.04.